The summed E-state index contributed by atoms with van der Waals surface area (Å²) in [6.07, 6.45) is 1.18. The van der Waals surface area contributed by atoms with E-state index in [0.717, 1.165) is 5.75 Å². The van der Waals surface area contributed by atoms with Gasteiger partial charge in [0.05, 0.1) is 12.5 Å². The molecule has 0 radical (unpaired) electrons. The van der Waals surface area contributed by atoms with Crippen molar-refractivity contribution >= 4 is 16.8 Å². The van der Waals surface area contributed by atoms with E-state index in [2.05, 4.69) is 0 Å². The van der Waals surface area contributed by atoms with Crippen molar-refractivity contribution in [2.24, 2.45) is 0 Å². The van der Waals surface area contributed by atoms with Crippen LogP contribution in [-0.4, -0.2) is 12.9 Å². The van der Waals surface area contributed by atoms with E-state index in [1.807, 2.05) is 0 Å². The van der Waals surface area contributed by atoms with Gasteiger partial charge in [0.2, 0.25) is 5.43 Å². The predicted octanol–water partition coefficient (Wildman–Crippen LogP) is 3.80. The number of Topliss-reactive ketones (excluding diaryl/α,β-unsaturated/α-hetero) is 1. The number of carbonyl (C=O) groups is 1. The van der Waals surface area contributed by atoms with Gasteiger partial charge in [-0.15, -0.1) is 0 Å². The standard InChI is InChI=1S/C18H14O5/c1-11(19)16-10-22-17-9-14(7-8-15(17)18(16)20)23-13-5-3-12(21-2)4-6-13/h3-10H,1-2H3. The van der Waals surface area contributed by atoms with E-state index >= 15 is 0 Å². The third-order valence-electron chi connectivity index (χ3n) is 3.42. The quantitative estimate of drug-likeness (QED) is 0.686. The maximum Gasteiger partial charge on any atom is 0.203 e. The van der Waals surface area contributed by atoms with E-state index in [0.29, 0.717) is 22.5 Å². The third-order valence-corrected chi connectivity index (χ3v) is 3.42. The van der Waals surface area contributed by atoms with Crippen LogP contribution in [-0.2, 0) is 0 Å². The van der Waals surface area contributed by atoms with Crippen LogP contribution < -0.4 is 14.9 Å². The van der Waals surface area contributed by atoms with Crippen LogP contribution in [0.15, 0.2) is 57.9 Å². The summed E-state index contributed by atoms with van der Waals surface area (Å²) in [4.78, 5) is 23.5. The molecule has 0 fully saturated rings. The topological polar surface area (TPSA) is 65.7 Å². The van der Waals surface area contributed by atoms with Gasteiger partial charge in [0, 0.05) is 6.07 Å². The smallest absolute Gasteiger partial charge is 0.203 e. The molecular weight excluding hydrogens is 296 g/mol. The molecule has 5 nitrogen and oxygen atoms in total. The lowest BCUT2D eigenvalue weighted by Gasteiger charge is -2.07. The Morgan fingerprint density at radius 2 is 1.65 bits per heavy atom. The zero-order valence-corrected chi connectivity index (χ0v) is 12.7. The number of fused-ring (bicyclic) bond motifs is 1. The van der Waals surface area contributed by atoms with E-state index < -0.39 is 0 Å². The minimum Gasteiger partial charge on any atom is -0.497 e. The van der Waals surface area contributed by atoms with Gasteiger partial charge in [-0.25, -0.2) is 0 Å². The first kappa shape index (κ1) is 14.8. The van der Waals surface area contributed by atoms with Crippen LogP contribution in [0.2, 0.25) is 0 Å². The van der Waals surface area contributed by atoms with Crippen molar-refractivity contribution in [1.82, 2.24) is 0 Å². The van der Waals surface area contributed by atoms with E-state index in [4.69, 9.17) is 13.9 Å². The zero-order valence-electron chi connectivity index (χ0n) is 12.7. The van der Waals surface area contributed by atoms with E-state index in [1.54, 1.807) is 49.6 Å². The molecule has 1 heterocycles. The summed E-state index contributed by atoms with van der Waals surface area (Å²) in [6, 6.07) is 12.0. The molecule has 0 saturated carbocycles. The molecular formula is C18H14O5. The summed E-state index contributed by atoms with van der Waals surface area (Å²) in [6.45, 7) is 1.33. The maximum absolute atomic E-state index is 12.2. The fourth-order valence-electron chi connectivity index (χ4n) is 2.19. The summed E-state index contributed by atoms with van der Waals surface area (Å²) in [5, 5.41) is 0.347. The molecule has 0 N–H and O–H groups in total. The molecule has 0 bridgehead atoms. The number of benzene rings is 2. The third kappa shape index (κ3) is 2.94. The van der Waals surface area contributed by atoms with E-state index in [1.165, 1.54) is 13.2 Å². The summed E-state index contributed by atoms with van der Waals surface area (Å²) in [5.41, 5.74) is 0.0714. The summed E-state index contributed by atoms with van der Waals surface area (Å²) in [5.74, 6) is 1.58. The first-order valence-electron chi connectivity index (χ1n) is 6.97. The Labute approximate surface area is 132 Å². The molecule has 1 aromatic heterocycles. The van der Waals surface area contributed by atoms with Gasteiger partial charge in [0.1, 0.15) is 34.7 Å². The fourth-order valence-corrected chi connectivity index (χ4v) is 2.19. The molecule has 5 heteroatoms. The number of rotatable bonds is 4. The SMILES string of the molecule is COc1ccc(Oc2ccc3c(=O)c(C(C)=O)coc3c2)cc1. The van der Waals surface area contributed by atoms with Crippen LogP contribution in [0.3, 0.4) is 0 Å². The minimum absolute atomic E-state index is 0.0429. The lowest BCUT2D eigenvalue weighted by molar-refractivity contribution is 0.101. The average Bonchev–Trinajstić information content (AvgIpc) is 2.55. The first-order chi connectivity index (χ1) is 11.1. The molecule has 3 aromatic rings. The normalized spacial score (nSPS) is 10.5. The fraction of sp³-hybridized carbons (Fsp3) is 0.111. The Balaban J connectivity index is 1.95. The monoisotopic (exact) mass is 310 g/mol. The average molecular weight is 310 g/mol. The number of carbonyl (C=O) groups excluding carboxylic acids is 1. The number of hydrogen-bond donors (Lipinski definition) is 0. The van der Waals surface area contributed by atoms with Gasteiger partial charge < -0.3 is 13.9 Å². The summed E-state index contributed by atoms with van der Waals surface area (Å²) in [7, 11) is 1.59. The largest absolute Gasteiger partial charge is 0.497 e. The summed E-state index contributed by atoms with van der Waals surface area (Å²) >= 11 is 0. The van der Waals surface area contributed by atoms with Gasteiger partial charge in [-0.05, 0) is 43.3 Å². The molecule has 116 valence electrons. The van der Waals surface area contributed by atoms with Crippen molar-refractivity contribution in [2.45, 2.75) is 6.92 Å². The van der Waals surface area contributed by atoms with Gasteiger partial charge >= 0.3 is 0 Å². The van der Waals surface area contributed by atoms with Crippen LogP contribution in [0.4, 0.5) is 0 Å². The molecule has 23 heavy (non-hydrogen) atoms. The Morgan fingerprint density at radius 3 is 2.30 bits per heavy atom. The molecule has 0 aliphatic heterocycles. The lowest BCUT2D eigenvalue weighted by Crippen LogP contribution is -2.12. The Morgan fingerprint density at radius 1 is 1.00 bits per heavy atom. The highest BCUT2D eigenvalue weighted by molar-refractivity contribution is 5.96. The van der Waals surface area contributed by atoms with Crippen LogP contribution >= 0.6 is 0 Å². The predicted molar refractivity (Wildman–Crippen MR) is 85.6 cm³/mol. The van der Waals surface area contributed by atoms with Gasteiger partial charge in [0.25, 0.3) is 0 Å². The van der Waals surface area contributed by atoms with Crippen molar-refractivity contribution in [3.05, 3.63) is 64.5 Å². The second-order valence-electron chi connectivity index (χ2n) is 4.97. The Kier molecular flexibility index (Phi) is 3.85. The van der Waals surface area contributed by atoms with Crippen molar-refractivity contribution in [2.75, 3.05) is 7.11 Å². The molecule has 0 spiro atoms. The highest BCUT2D eigenvalue weighted by Gasteiger charge is 2.11. The first-order valence-corrected chi connectivity index (χ1v) is 6.97. The maximum atomic E-state index is 12.2. The van der Waals surface area contributed by atoms with Gasteiger partial charge in [-0.3, -0.25) is 9.59 Å². The molecule has 2 aromatic carbocycles. The van der Waals surface area contributed by atoms with Gasteiger partial charge in [-0.1, -0.05) is 0 Å². The molecule has 0 amide bonds. The molecule has 0 aliphatic rings. The molecule has 0 aliphatic carbocycles. The van der Waals surface area contributed by atoms with Gasteiger partial charge in [0.15, 0.2) is 5.78 Å². The molecule has 0 atom stereocenters. The van der Waals surface area contributed by atoms with Gasteiger partial charge in [-0.2, -0.15) is 0 Å². The van der Waals surface area contributed by atoms with Crippen molar-refractivity contribution < 1.29 is 18.7 Å². The van der Waals surface area contributed by atoms with Crippen LogP contribution in [0.1, 0.15) is 17.3 Å². The number of ether oxygens (including phenoxy) is 2. The van der Waals surface area contributed by atoms with Crippen LogP contribution in [0.25, 0.3) is 11.0 Å². The lowest BCUT2D eigenvalue weighted by atomic mass is 10.1. The van der Waals surface area contributed by atoms with E-state index in [9.17, 15) is 9.59 Å². The second-order valence-corrected chi connectivity index (χ2v) is 4.97. The molecule has 3 rings (SSSR count). The minimum atomic E-state index is -0.338. The number of hydrogen-bond acceptors (Lipinski definition) is 5. The Hall–Kier alpha value is -3.08. The van der Waals surface area contributed by atoms with E-state index in [-0.39, 0.29) is 16.8 Å². The van der Waals surface area contributed by atoms with Crippen LogP contribution in [0, 0.1) is 0 Å². The van der Waals surface area contributed by atoms with Crippen molar-refractivity contribution in [3.8, 4) is 17.2 Å². The van der Waals surface area contributed by atoms with Crippen molar-refractivity contribution in [1.29, 1.82) is 0 Å². The van der Waals surface area contributed by atoms with Crippen LogP contribution in [0.5, 0.6) is 17.2 Å². The molecule has 0 saturated heterocycles. The number of ketones is 1. The Bertz CT molecular complexity index is 922. The molecule has 0 unspecified atom stereocenters. The highest BCUT2D eigenvalue weighted by atomic mass is 16.5. The number of methoxy groups -OCH3 is 1. The highest BCUT2D eigenvalue weighted by Crippen LogP contribution is 2.26. The summed E-state index contributed by atoms with van der Waals surface area (Å²) < 4.78 is 16.2. The zero-order chi connectivity index (χ0) is 16.4. The van der Waals surface area contributed by atoms with Crippen molar-refractivity contribution in [3.63, 3.8) is 0 Å². The second kappa shape index (κ2) is 5.96.